The third kappa shape index (κ3) is 1.53. The maximum Gasteiger partial charge on any atom is 0.0698 e. The van der Waals surface area contributed by atoms with E-state index in [-0.39, 0.29) is 5.53 Å². The zero-order valence-corrected chi connectivity index (χ0v) is 6.55. The zero-order valence-electron chi connectivity index (χ0n) is 3.13. The molecule has 0 aromatic carbocycles. The number of rotatable bonds is 0. The highest BCUT2D eigenvalue weighted by Crippen LogP contribution is 2.68. The van der Waals surface area contributed by atoms with Gasteiger partial charge in [-0.15, -0.1) is 35.0 Å². The highest BCUT2D eigenvalue weighted by atomic mass is 33.4. The molecule has 1 heterocycles. The molecule has 0 aromatic rings. The molecule has 0 N–H and O–H groups in total. The van der Waals surface area contributed by atoms with Crippen LogP contribution in [0.1, 0.15) is 0 Å². The zero-order chi connectivity index (χ0) is 4.41. The molecule has 36 valence electrons. The molecule has 0 amide bonds. The molecule has 0 radical (unpaired) electrons. The average Bonchev–Trinajstić information content (AvgIpc) is 1.86. The van der Waals surface area contributed by atoms with Crippen molar-refractivity contribution in [3.63, 3.8) is 0 Å². The summed E-state index contributed by atoms with van der Waals surface area (Å²) < 4.78 is 0. The first-order valence-corrected chi connectivity index (χ1v) is 7.32. The van der Waals surface area contributed by atoms with E-state index in [1.807, 2.05) is 22.8 Å². The predicted molar refractivity (Wildman–Crippen MR) is 40.8 cm³/mol. The lowest BCUT2D eigenvalue weighted by molar-refractivity contribution is 1.59. The van der Waals surface area contributed by atoms with Crippen LogP contribution in [0, 0.1) is 0 Å². The minimum Gasteiger partial charge on any atom is -0.130 e. The fourth-order valence-corrected chi connectivity index (χ4v) is 7.24. The molecule has 0 unspecified atom stereocenters. The van der Waals surface area contributed by atoms with Crippen LogP contribution in [0.5, 0.6) is 0 Å². The molecule has 0 nitrogen and oxygen atoms in total. The van der Waals surface area contributed by atoms with Crippen LogP contribution in [0.2, 0.25) is 0 Å². The van der Waals surface area contributed by atoms with Crippen LogP contribution in [0.15, 0.2) is 0 Å². The quantitative estimate of drug-likeness (QED) is 0.423. The maximum atomic E-state index is 4.28. The molecule has 6 heavy (non-hydrogen) atoms. The van der Waals surface area contributed by atoms with E-state index in [1.165, 1.54) is 11.5 Å². The lowest BCUT2D eigenvalue weighted by atomic mass is 11.0. The van der Waals surface area contributed by atoms with Crippen molar-refractivity contribution in [3.8, 4) is 0 Å². The molecule has 4 heteroatoms. The van der Waals surface area contributed by atoms with E-state index in [9.17, 15) is 0 Å². The normalized spacial score (nSPS) is 25.5. The summed E-state index contributed by atoms with van der Waals surface area (Å²) in [4.78, 5) is 0. The SMILES string of the molecule is SP1SCCS1. The third-order valence-electron chi connectivity index (χ3n) is 0.487. The Hall–Kier alpha value is 1.48. The second-order valence-corrected chi connectivity index (χ2v) is 9.97. The summed E-state index contributed by atoms with van der Waals surface area (Å²) in [5, 5.41) is 0. The Morgan fingerprint density at radius 1 is 1.33 bits per heavy atom. The van der Waals surface area contributed by atoms with Gasteiger partial charge in [0.25, 0.3) is 0 Å². The van der Waals surface area contributed by atoms with Gasteiger partial charge >= 0.3 is 0 Å². The van der Waals surface area contributed by atoms with Crippen molar-refractivity contribution in [2.24, 2.45) is 0 Å². The van der Waals surface area contributed by atoms with Crippen LogP contribution < -0.4 is 0 Å². The molecule has 0 atom stereocenters. The monoisotopic (exact) mass is 156 g/mol. The van der Waals surface area contributed by atoms with Gasteiger partial charge in [0.2, 0.25) is 0 Å². The molecule has 1 rings (SSSR count). The van der Waals surface area contributed by atoms with Gasteiger partial charge in [0.05, 0.1) is 5.53 Å². The molecule has 1 aliphatic rings. The summed E-state index contributed by atoms with van der Waals surface area (Å²) in [6, 6.07) is 0. The summed E-state index contributed by atoms with van der Waals surface area (Å²) in [5.41, 5.74) is 0.0628. The Balaban J connectivity index is 2.18. The Morgan fingerprint density at radius 2 is 1.83 bits per heavy atom. The van der Waals surface area contributed by atoms with Crippen LogP contribution in [0.4, 0.5) is 0 Å². The minimum atomic E-state index is 0.0628. The molecule has 0 bridgehead atoms. The average molecular weight is 156 g/mol. The first-order chi connectivity index (χ1) is 2.89. The predicted octanol–water partition coefficient (Wildman–Crippen LogP) is 2.62. The molecular formula is C2H5PS3. The van der Waals surface area contributed by atoms with Crippen molar-refractivity contribution in [2.45, 2.75) is 0 Å². The van der Waals surface area contributed by atoms with E-state index in [1.54, 1.807) is 0 Å². The molecule has 0 spiro atoms. The first-order valence-electron chi connectivity index (χ1n) is 1.64. The number of thiol groups is 1. The number of hydrogen-bond acceptors (Lipinski definition) is 3. The molecule has 0 aliphatic carbocycles. The maximum absolute atomic E-state index is 4.28. The Morgan fingerprint density at radius 3 is 2.00 bits per heavy atom. The van der Waals surface area contributed by atoms with E-state index in [2.05, 4.69) is 12.2 Å². The summed E-state index contributed by atoms with van der Waals surface area (Å²) in [5.74, 6) is 2.64. The van der Waals surface area contributed by atoms with Gasteiger partial charge in [-0.2, -0.15) is 0 Å². The van der Waals surface area contributed by atoms with Crippen LogP contribution in [-0.2, 0) is 0 Å². The molecule has 1 saturated heterocycles. The summed E-state index contributed by atoms with van der Waals surface area (Å²) in [7, 11) is 0. The van der Waals surface area contributed by atoms with E-state index < -0.39 is 0 Å². The van der Waals surface area contributed by atoms with Crippen molar-refractivity contribution in [3.05, 3.63) is 0 Å². The molecular weight excluding hydrogens is 151 g/mol. The van der Waals surface area contributed by atoms with Gasteiger partial charge in [-0.25, -0.2) is 0 Å². The highest BCUT2D eigenvalue weighted by Gasteiger charge is 2.09. The van der Waals surface area contributed by atoms with Gasteiger partial charge in [0.15, 0.2) is 0 Å². The number of hydrogen-bond donors (Lipinski definition) is 1. The van der Waals surface area contributed by atoms with Crippen LogP contribution in [-0.4, -0.2) is 11.5 Å². The third-order valence-corrected chi connectivity index (χ3v) is 8.36. The van der Waals surface area contributed by atoms with Gasteiger partial charge in [0, 0.05) is 11.5 Å². The molecule has 1 fully saturated rings. The summed E-state index contributed by atoms with van der Waals surface area (Å²) >= 11 is 8.26. The van der Waals surface area contributed by atoms with Gasteiger partial charge in [-0.3, -0.25) is 0 Å². The second kappa shape index (κ2) is 2.71. The van der Waals surface area contributed by atoms with Crippen LogP contribution in [0.3, 0.4) is 0 Å². The molecule has 0 aromatic heterocycles. The van der Waals surface area contributed by atoms with Crippen LogP contribution in [0.25, 0.3) is 0 Å². The fraction of sp³-hybridized carbons (Fsp3) is 1.00. The Kier molecular flexibility index (Phi) is 2.53. The summed E-state index contributed by atoms with van der Waals surface area (Å²) in [6.45, 7) is 0. The van der Waals surface area contributed by atoms with E-state index in [4.69, 9.17) is 0 Å². The smallest absolute Gasteiger partial charge is 0.0698 e. The lowest BCUT2D eigenvalue weighted by Gasteiger charge is -1.89. The van der Waals surface area contributed by atoms with Crippen molar-refractivity contribution in [1.82, 2.24) is 0 Å². The molecule has 0 saturated carbocycles. The van der Waals surface area contributed by atoms with Gasteiger partial charge in [-0.05, 0) is 0 Å². The van der Waals surface area contributed by atoms with Gasteiger partial charge in [0.1, 0.15) is 0 Å². The fourth-order valence-electron chi connectivity index (χ4n) is 0.268. The minimum absolute atomic E-state index is 0.0628. The van der Waals surface area contributed by atoms with E-state index >= 15 is 0 Å². The molecule has 1 aliphatic heterocycles. The van der Waals surface area contributed by atoms with Crippen molar-refractivity contribution in [1.29, 1.82) is 0 Å². The first kappa shape index (κ1) is 5.61. The van der Waals surface area contributed by atoms with Crippen molar-refractivity contribution in [2.75, 3.05) is 11.5 Å². The van der Waals surface area contributed by atoms with Gasteiger partial charge in [-0.1, -0.05) is 0 Å². The Labute approximate surface area is 52.2 Å². The summed E-state index contributed by atoms with van der Waals surface area (Å²) in [6.07, 6.45) is 0. The van der Waals surface area contributed by atoms with Crippen LogP contribution >= 0.6 is 40.5 Å². The largest absolute Gasteiger partial charge is 0.130 e. The van der Waals surface area contributed by atoms with Crippen molar-refractivity contribution >= 4 is 40.5 Å². The standard InChI is InChI=1S/C2H5PS3/c4-3-5-1-2-6-3/h4H,1-2H2. The van der Waals surface area contributed by atoms with Crippen molar-refractivity contribution < 1.29 is 0 Å². The second-order valence-electron chi connectivity index (χ2n) is 0.904. The topological polar surface area (TPSA) is 0 Å². The highest BCUT2D eigenvalue weighted by molar-refractivity contribution is 9.10. The van der Waals surface area contributed by atoms with Gasteiger partial charge < -0.3 is 0 Å². The lowest BCUT2D eigenvalue weighted by Crippen LogP contribution is -1.64. The van der Waals surface area contributed by atoms with E-state index in [0.717, 1.165) is 0 Å². The van der Waals surface area contributed by atoms with E-state index in [0.29, 0.717) is 0 Å². The Bertz CT molecular complexity index is 42.1.